The van der Waals surface area contributed by atoms with Crippen LogP contribution in [0.25, 0.3) is 0 Å². The van der Waals surface area contributed by atoms with Crippen LogP contribution in [0, 0.1) is 0 Å². The lowest BCUT2D eigenvalue weighted by Gasteiger charge is -2.24. The molecule has 0 aromatic rings. The van der Waals surface area contributed by atoms with Crippen LogP contribution >= 0.6 is 0 Å². The van der Waals surface area contributed by atoms with Gasteiger partial charge in [-0.05, 0) is 64.2 Å². The van der Waals surface area contributed by atoms with Gasteiger partial charge in [0.1, 0.15) is 6.10 Å². The van der Waals surface area contributed by atoms with Crippen molar-refractivity contribution in [2.24, 2.45) is 0 Å². The van der Waals surface area contributed by atoms with Gasteiger partial charge in [-0.1, -0.05) is 217 Å². The highest BCUT2D eigenvalue weighted by Crippen LogP contribution is 2.17. The van der Waals surface area contributed by atoms with Crippen molar-refractivity contribution in [3.63, 3.8) is 0 Å². The standard InChI is InChI=1S/C52H95NO5/c1-4-7-10-13-16-19-21-23-24-25-26-28-29-32-34-37-40-43-48(58-52(57)45-42-39-36-31-18-15-12-9-6-3)46-51(56)53-49(47-54)50(55)44-41-38-35-33-30-27-22-20-17-14-11-8-5-2/h16,19,23-24,26,28,32,34,48-50,54-55H,4-15,17-18,20-22,25,27,29-31,33,35-47H2,1-3H3,(H,53,56)/b19-16-,24-23-,28-26-,34-32-. The Labute approximate surface area is 359 Å². The molecule has 0 rings (SSSR count). The first-order chi connectivity index (χ1) is 28.5. The quantitative estimate of drug-likeness (QED) is 0.0323. The molecule has 0 fully saturated rings. The van der Waals surface area contributed by atoms with Gasteiger partial charge in [0.05, 0.1) is 25.2 Å². The number of hydrogen-bond acceptors (Lipinski definition) is 5. The molecule has 6 heteroatoms. The van der Waals surface area contributed by atoms with Crippen molar-refractivity contribution in [1.82, 2.24) is 5.32 Å². The molecule has 0 aromatic heterocycles. The molecular formula is C52H95NO5. The number of esters is 1. The second-order valence-electron chi connectivity index (χ2n) is 16.9. The first-order valence-corrected chi connectivity index (χ1v) is 24.9. The van der Waals surface area contributed by atoms with Crippen LogP contribution in [0.4, 0.5) is 0 Å². The van der Waals surface area contributed by atoms with Crippen LogP contribution in [0.15, 0.2) is 48.6 Å². The molecular weight excluding hydrogens is 719 g/mol. The van der Waals surface area contributed by atoms with E-state index in [-0.39, 0.29) is 24.9 Å². The fraction of sp³-hybridized carbons (Fsp3) is 0.808. The van der Waals surface area contributed by atoms with E-state index < -0.39 is 18.2 Å². The molecule has 3 unspecified atom stereocenters. The highest BCUT2D eigenvalue weighted by atomic mass is 16.5. The van der Waals surface area contributed by atoms with Crippen LogP contribution in [0.2, 0.25) is 0 Å². The van der Waals surface area contributed by atoms with E-state index in [1.54, 1.807) is 0 Å². The van der Waals surface area contributed by atoms with E-state index in [9.17, 15) is 19.8 Å². The lowest BCUT2D eigenvalue weighted by molar-refractivity contribution is -0.151. The molecule has 0 radical (unpaired) electrons. The lowest BCUT2D eigenvalue weighted by atomic mass is 10.0. The van der Waals surface area contributed by atoms with E-state index in [2.05, 4.69) is 74.7 Å². The summed E-state index contributed by atoms with van der Waals surface area (Å²) in [5, 5.41) is 23.7. The number of hydrogen-bond donors (Lipinski definition) is 3. The monoisotopic (exact) mass is 814 g/mol. The lowest BCUT2D eigenvalue weighted by Crippen LogP contribution is -2.46. The minimum absolute atomic E-state index is 0.0417. The van der Waals surface area contributed by atoms with Crippen molar-refractivity contribution in [3.05, 3.63) is 48.6 Å². The summed E-state index contributed by atoms with van der Waals surface area (Å²) in [4.78, 5) is 26.0. The Morgan fingerprint density at radius 2 is 0.897 bits per heavy atom. The van der Waals surface area contributed by atoms with Crippen molar-refractivity contribution in [1.29, 1.82) is 0 Å². The molecule has 0 aliphatic heterocycles. The molecule has 3 atom stereocenters. The Morgan fingerprint density at radius 3 is 1.36 bits per heavy atom. The number of rotatable bonds is 44. The van der Waals surface area contributed by atoms with Crippen LogP contribution in [0.1, 0.15) is 245 Å². The van der Waals surface area contributed by atoms with Crippen LogP contribution in [0.3, 0.4) is 0 Å². The highest BCUT2D eigenvalue weighted by molar-refractivity contribution is 5.77. The summed E-state index contributed by atoms with van der Waals surface area (Å²) in [6, 6.07) is -0.716. The third-order valence-electron chi connectivity index (χ3n) is 11.2. The van der Waals surface area contributed by atoms with Crippen LogP contribution in [-0.2, 0) is 14.3 Å². The summed E-state index contributed by atoms with van der Waals surface area (Å²) >= 11 is 0. The van der Waals surface area contributed by atoms with Gasteiger partial charge in [0.25, 0.3) is 0 Å². The first-order valence-electron chi connectivity index (χ1n) is 24.9. The van der Waals surface area contributed by atoms with E-state index in [4.69, 9.17) is 4.74 Å². The maximum Gasteiger partial charge on any atom is 0.306 e. The maximum absolute atomic E-state index is 13.2. The Kier molecular flexibility index (Phi) is 44.2. The number of ether oxygens (including phenoxy) is 1. The molecule has 0 aliphatic rings. The summed E-state index contributed by atoms with van der Waals surface area (Å²) in [6.45, 7) is 6.42. The molecule has 6 nitrogen and oxygen atoms in total. The molecule has 0 bridgehead atoms. The fourth-order valence-electron chi connectivity index (χ4n) is 7.36. The number of unbranched alkanes of at least 4 members (excludes halogenated alkanes) is 24. The zero-order valence-electron chi connectivity index (χ0n) is 38.4. The van der Waals surface area contributed by atoms with E-state index in [1.807, 2.05) is 0 Å². The van der Waals surface area contributed by atoms with Gasteiger partial charge >= 0.3 is 5.97 Å². The Bertz CT molecular complexity index is 1000. The smallest absolute Gasteiger partial charge is 0.306 e. The average Bonchev–Trinajstić information content (AvgIpc) is 3.22. The van der Waals surface area contributed by atoms with Gasteiger partial charge in [-0.15, -0.1) is 0 Å². The molecule has 1 amide bonds. The van der Waals surface area contributed by atoms with Crippen LogP contribution in [0.5, 0.6) is 0 Å². The number of aliphatic hydroxyl groups excluding tert-OH is 2. The largest absolute Gasteiger partial charge is 0.462 e. The van der Waals surface area contributed by atoms with Gasteiger partial charge in [0.15, 0.2) is 0 Å². The highest BCUT2D eigenvalue weighted by Gasteiger charge is 2.24. The van der Waals surface area contributed by atoms with Crippen molar-refractivity contribution in [3.8, 4) is 0 Å². The zero-order valence-corrected chi connectivity index (χ0v) is 38.4. The van der Waals surface area contributed by atoms with Gasteiger partial charge in [-0.2, -0.15) is 0 Å². The Balaban J connectivity index is 4.65. The summed E-state index contributed by atoms with van der Waals surface area (Å²) in [5.74, 6) is -0.526. The third-order valence-corrected chi connectivity index (χ3v) is 11.2. The van der Waals surface area contributed by atoms with Gasteiger partial charge in [-0.25, -0.2) is 0 Å². The minimum atomic E-state index is -0.799. The number of aliphatic hydroxyl groups is 2. The molecule has 3 N–H and O–H groups in total. The van der Waals surface area contributed by atoms with E-state index in [0.717, 1.165) is 70.6 Å². The first kappa shape index (κ1) is 55.8. The molecule has 0 spiro atoms. The van der Waals surface area contributed by atoms with Crippen molar-refractivity contribution in [2.45, 2.75) is 264 Å². The van der Waals surface area contributed by atoms with Crippen molar-refractivity contribution in [2.75, 3.05) is 6.61 Å². The predicted molar refractivity (Wildman–Crippen MR) is 250 cm³/mol. The van der Waals surface area contributed by atoms with Gasteiger partial charge in [0, 0.05) is 6.42 Å². The summed E-state index contributed by atoms with van der Waals surface area (Å²) < 4.78 is 5.88. The van der Waals surface area contributed by atoms with Crippen molar-refractivity contribution >= 4 is 11.9 Å². The summed E-state index contributed by atoms with van der Waals surface area (Å²) in [5.41, 5.74) is 0. The van der Waals surface area contributed by atoms with Gasteiger partial charge in [-0.3, -0.25) is 9.59 Å². The molecule has 338 valence electrons. The van der Waals surface area contributed by atoms with E-state index in [0.29, 0.717) is 19.3 Å². The molecule has 0 saturated carbocycles. The minimum Gasteiger partial charge on any atom is -0.462 e. The second kappa shape index (κ2) is 45.9. The SMILES string of the molecule is CCCCC/C=C\C/C=C\C/C=C\C/C=C\CCCC(CC(=O)NC(CO)C(O)CCCCCCCCCCCCCCC)OC(=O)CCCCCCCCCCC. The van der Waals surface area contributed by atoms with Crippen molar-refractivity contribution < 1.29 is 24.5 Å². The molecule has 0 aromatic carbocycles. The summed E-state index contributed by atoms with van der Waals surface area (Å²) in [7, 11) is 0. The van der Waals surface area contributed by atoms with E-state index >= 15 is 0 Å². The number of amides is 1. The van der Waals surface area contributed by atoms with E-state index in [1.165, 1.54) is 128 Å². The zero-order chi connectivity index (χ0) is 42.4. The number of carbonyl (C=O) groups excluding carboxylic acids is 2. The van der Waals surface area contributed by atoms with Crippen LogP contribution in [-0.4, -0.2) is 46.9 Å². The Morgan fingerprint density at radius 1 is 0.500 bits per heavy atom. The Hall–Kier alpha value is -2.18. The number of allylic oxidation sites excluding steroid dienone is 8. The normalized spacial score (nSPS) is 13.7. The maximum atomic E-state index is 13.2. The third kappa shape index (κ3) is 40.6. The summed E-state index contributed by atoms with van der Waals surface area (Å²) in [6.07, 6.45) is 54.6. The molecule has 0 saturated heterocycles. The number of carbonyl (C=O) groups is 2. The predicted octanol–water partition coefficient (Wildman–Crippen LogP) is 14.7. The topological polar surface area (TPSA) is 95.9 Å². The average molecular weight is 814 g/mol. The molecule has 0 aliphatic carbocycles. The second-order valence-corrected chi connectivity index (χ2v) is 16.9. The number of nitrogens with one attached hydrogen (secondary N) is 1. The molecule has 0 heterocycles. The fourth-order valence-corrected chi connectivity index (χ4v) is 7.36. The van der Waals surface area contributed by atoms with Crippen LogP contribution < -0.4 is 5.32 Å². The van der Waals surface area contributed by atoms with Gasteiger partial charge < -0.3 is 20.3 Å². The van der Waals surface area contributed by atoms with Gasteiger partial charge in [0.2, 0.25) is 5.91 Å². The molecule has 58 heavy (non-hydrogen) atoms.